The summed E-state index contributed by atoms with van der Waals surface area (Å²) in [6.45, 7) is 3.80. The molecule has 0 unspecified atom stereocenters. The monoisotopic (exact) mass is 349 g/mol. The zero-order valence-corrected chi connectivity index (χ0v) is 14.2. The molecule has 0 aliphatic rings. The molecule has 0 aliphatic carbocycles. The number of nitro benzene ring substituents is 1. The Morgan fingerprint density at radius 3 is 2.59 bits per heavy atom. The van der Waals surface area contributed by atoms with Crippen LogP contribution >= 0.6 is 11.6 Å². The van der Waals surface area contributed by atoms with Crippen molar-refractivity contribution < 1.29 is 13.3 Å². The molecule has 124 valence electrons. The minimum absolute atomic E-state index is 0.0412. The molecular weight excluding hydrogens is 330 g/mol. The van der Waals surface area contributed by atoms with Crippen LogP contribution in [-0.4, -0.2) is 43.5 Å². The lowest BCUT2D eigenvalue weighted by atomic mass is 10.2. The predicted molar refractivity (Wildman–Crippen MR) is 86.5 cm³/mol. The van der Waals surface area contributed by atoms with Crippen LogP contribution in [0.2, 0.25) is 5.02 Å². The van der Waals surface area contributed by atoms with Crippen molar-refractivity contribution >= 4 is 27.3 Å². The van der Waals surface area contributed by atoms with Gasteiger partial charge in [-0.15, -0.1) is 0 Å². The SMILES string of the molecule is CCN(CCCNCc1ccc([N+](=O)[O-])cc1Cl)S(C)(=O)=O. The Kier molecular flexibility index (Phi) is 7.21. The molecule has 0 amide bonds. The van der Waals surface area contributed by atoms with E-state index in [0.717, 1.165) is 5.56 Å². The molecule has 1 aromatic carbocycles. The predicted octanol–water partition coefficient (Wildman–Crippen LogP) is 2.01. The minimum Gasteiger partial charge on any atom is -0.313 e. The van der Waals surface area contributed by atoms with E-state index in [0.29, 0.717) is 37.6 Å². The summed E-state index contributed by atoms with van der Waals surface area (Å²) in [5.41, 5.74) is 0.725. The van der Waals surface area contributed by atoms with Crippen molar-refractivity contribution in [3.63, 3.8) is 0 Å². The highest BCUT2D eigenvalue weighted by Crippen LogP contribution is 2.22. The standard InChI is InChI=1S/C13H20ClN3O4S/c1-3-16(22(2,20)21)8-4-7-15-10-11-5-6-12(17(18)19)9-13(11)14/h5-6,9,15H,3-4,7-8,10H2,1-2H3. The summed E-state index contributed by atoms with van der Waals surface area (Å²) in [6, 6.07) is 4.34. The lowest BCUT2D eigenvalue weighted by Crippen LogP contribution is -2.32. The van der Waals surface area contributed by atoms with E-state index in [1.54, 1.807) is 13.0 Å². The first-order valence-corrected chi connectivity index (χ1v) is 9.07. The van der Waals surface area contributed by atoms with Crippen LogP contribution in [0, 0.1) is 10.1 Å². The molecule has 0 spiro atoms. The van der Waals surface area contributed by atoms with E-state index in [-0.39, 0.29) is 5.69 Å². The number of nitro groups is 1. The van der Waals surface area contributed by atoms with Crippen LogP contribution < -0.4 is 5.32 Å². The maximum atomic E-state index is 11.4. The fraction of sp³-hybridized carbons (Fsp3) is 0.538. The Hall–Kier alpha value is -1.22. The van der Waals surface area contributed by atoms with E-state index < -0.39 is 14.9 Å². The van der Waals surface area contributed by atoms with Crippen molar-refractivity contribution in [3.8, 4) is 0 Å². The minimum atomic E-state index is -3.15. The second-order valence-corrected chi connectivity index (χ2v) is 7.21. The maximum Gasteiger partial charge on any atom is 0.270 e. The maximum absolute atomic E-state index is 11.4. The van der Waals surface area contributed by atoms with Gasteiger partial charge in [-0.3, -0.25) is 10.1 Å². The average molecular weight is 350 g/mol. The number of halogens is 1. The number of nitrogens with one attached hydrogen (secondary N) is 1. The van der Waals surface area contributed by atoms with Gasteiger partial charge in [0, 0.05) is 31.8 Å². The van der Waals surface area contributed by atoms with Crippen LogP contribution in [0.15, 0.2) is 18.2 Å². The van der Waals surface area contributed by atoms with E-state index in [1.807, 2.05) is 0 Å². The van der Waals surface area contributed by atoms with Crippen molar-refractivity contribution in [2.45, 2.75) is 19.9 Å². The molecule has 1 aromatic rings. The number of benzene rings is 1. The summed E-state index contributed by atoms with van der Waals surface area (Å²) in [5.74, 6) is 0. The molecule has 0 heterocycles. The highest BCUT2D eigenvalue weighted by atomic mass is 35.5. The summed E-state index contributed by atoms with van der Waals surface area (Å²) < 4.78 is 24.2. The molecule has 0 saturated heterocycles. The van der Waals surface area contributed by atoms with E-state index in [2.05, 4.69) is 5.32 Å². The Labute approximate surface area is 135 Å². The van der Waals surface area contributed by atoms with Crippen LogP contribution in [0.25, 0.3) is 0 Å². The summed E-state index contributed by atoms with van der Waals surface area (Å²) in [6.07, 6.45) is 1.87. The number of hydrogen-bond donors (Lipinski definition) is 1. The molecule has 22 heavy (non-hydrogen) atoms. The van der Waals surface area contributed by atoms with Gasteiger partial charge in [0.15, 0.2) is 0 Å². The van der Waals surface area contributed by atoms with Gasteiger partial charge < -0.3 is 5.32 Å². The first-order valence-electron chi connectivity index (χ1n) is 6.84. The molecular formula is C13H20ClN3O4S. The molecule has 0 radical (unpaired) electrons. The van der Waals surface area contributed by atoms with Crippen LogP contribution in [-0.2, 0) is 16.6 Å². The summed E-state index contributed by atoms with van der Waals surface area (Å²) in [7, 11) is -3.15. The zero-order chi connectivity index (χ0) is 16.8. The topological polar surface area (TPSA) is 92.5 Å². The Morgan fingerprint density at radius 1 is 1.41 bits per heavy atom. The Morgan fingerprint density at radius 2 is 2.09 bits per heavy atom. The molecule has 0 aliphatic heterocycles. The fourth-order valence-corrected chi connectivity index (χ4v) is 3.13. The van der Waals surface area contributed by atoms with E-state index >= 15 is 0 Å². The zero-order valence-electron chi connectivity index (χ0n) is 12.6. The summed E-state index contributed by atoms with van der Waals surface area (Å²) in [4.78, 5) is 10.1. The number of hydrogen-bond acceptors (Lipinski definition) is 5. The van der Waals surface area contributed by atoms with Crippen LogP contribution in [0.3, 0.4) is 0 Å². The summed E-state index contributed by atoms with van der Waals surface area (Å²) >= 11 is 5.99. The van der Waals surface area contributed by atoms with Crippen LogP contribution in [0.1, 0.15) is 18.9 Å². The number of non-ortho nitro benzene ring substituents is 1. The Balaban J connectivity index is 2.41. The lowest BCUT2D eigenvalue weighted by molar-refractivity contribution is -0.384. The van der Waals surface area contributed by atoms with Gasteiger partial charge in [0.05, 0.1) is 16.2 Å². The van der Waals surface area contributed by atoms with E-state index in [1.165, 1.54) is 22.7 Å². The molecule has 0 bridgehead atoms. The smallest absolute Gasteiger partial charge is 0.270 e. The third-order valence-electron chi connectivity index (χ3n) is 3.15. The molecule has 1 N–H and O–H groups in total. The van der Waals surface area contributed by atoms with Gasteiger partial charge in [0.1, 0.15) is 0 Å². The summed E-state index contributed by atoms with van der Waals surface area (Å²) in [5, 5.41) is 14.1. The molecule has 0 aromatic heterocycles. The van der Waals surface area contributed by atoms with Gasteiger partial charge in [-0.1, -0.05) is 18.5 Å². The number of rotatable bonds is 9. The highest BCUT2D eigenvalue weighted by molar-refractivity contribution is 7.88. The quantitative estimate of drug-likeness (QED) is 0.418. The average Bonchev–Trinajstić information content (AvgIpc) is 2.42. The van der Waals surface area contributed by atoms with Gasteiger partial charge in [0.25, 0.3) is 5.69 Å². The van der Waals surface area contributed by atoms with Crippen molar-refractivity contribution in [2.75, 3.05) is 25.9 Å². The normalized spacial score (nSPS) is 11.8. The highest BCUT2D eigenvalue weighted by Gasteiger charge is 2.13. The first kappa shape index (κ1) is 18.8. The van der Waals surface area contributed by atoms with E-state index in [4.69, 9.17) is 11.6 Å². The number of sulfonamides is 1. The molecule has 1 rings (SSSR count). The van der Waals surface area contributed by atoms with Gasteiger partial charge in [0.2, 0.25) is 10.0 Å². The first-order chi connectivity index (χ1) is 10.3. The van der Waals surface area contributed by atoms with Crippen molar-refractivity contribution in [2.24, 2.45) is 0 Å². The largest absolute Gasteiger partial charge is 0.313 e. The second kappa shape index (κ2) is 8.42. The lowest BCUT2D eigenvalue weighted by Gasteiger charge is -2.17. The van der Waals surface area contributed by atoms with Crippen LogP contribution in [0.5, 0.6) is 0 Å². The van der Waals surface area contributed by atoms with Crippen LogP contribution in [0.4, 0.5) is 5.69 Å². The van der Waals surface area contributed by atoms with Gasteiger partial charge in [-0.05, 0) is 24.6 Å². The van der Waals surface area contributed by atoms with Gasteiger partial charge >= 0.3 is 0 Å². The van der Waals surface area contributed by atoms with Crippen molar-refractivity contribution in [1.29, 1.82) is 0 Å². The fourth-order valence-electron chi connectivity index (χ4n) is 1.96. The number of nitrogens with zero attached hydrogens (tertiary/aromatic N) is 2. The molecule has 9 heteroatoms. The third kappa shape index (κ3) is 5.88. The van der Waals surface area contributed by atoms with Crippen molar-refractivity contribution in [3.05, 3.63) is 38.9 Å². The van der Waals surface area contributed by atoms with Crippen molar-refractivity contribution in [1.82, 2.24) is 9.62 Å². The second-order valence-electron chi connectivity index (χ2n) is 4.82. The molecule has 0 atom stereocenters. The molecule has 0 saturated carbocycles. The Bertz CT molecular complexity index is 622. The third-order valence-corrected chi connectivity index (χ3v) is 4.88. The van der Waals surface area contributed by atoms with E-state index in [9.17, 15) is 18.5 Å². The molecule has 0 fully saturated rings. The molecule has 7 nitrogen and oxygen atoms in total. The van der Waals surface area contributed by atoms with Gasteiger partial charge in [-0.2, -0.15) is 0 Å². The van der Waals surface area contributed by atoms with Gasteiger partial charge in [-0.25, -0.2) is 12.7 Å².